The van der Waals surface area contributed by atoms with Crippen LogP contribution in [0.15, 0.2) is 0 Å². The molecule has 0 aromatic rings. The first-order valence-corrected chi connectivity index (χ1v) is 4.06. The molecule has 0 aliphatic carbocycles. The van der Waals surface area contributed by atoms with E-state index in [1.807, 2.05) is 12.8 Å². The van der Waals surface area contributed by atoms with Gasteiger partial charge >= 0.3 is 0 Å². The van der Waals surface area contributed by atoms with Gasteiger partial charge in [0, 0.05) is 5.33 Å². The first-order chi connectivity index (χ1) is 2.41. The van der Waals surface area contributed by atoms with Crippen LogP contribution in [-0.4, -0.2) is 11.2 Å². The topological polar surface area (TPSA) is 0 Å². The molecule has 0 saturated carbocycles. The minimum absolute atomic E-state index is 1.06. The maximum Gasteiger partial charge on any atom is 0.000281 e. The van der Waals surface area contributed by atoms with Crippen molar-refractivity contribution in [3.05, 3.63) is 0 Å². The molecular weight excluding hydrogens is 196 g/mol. The molecule has 5 heavy (non-hydrogen) atoms. The summed E-state index contributed by atoms with van der Waals surface area (Å²) in [7, 11) is 0. The third-order valence-electron chi connectivity index (χ3n) is 0. The van der Waals surface area contributed by atoms with Crippen LogP contribution in [0.5, 0.6) is 0 Å². The molecule has 0 amide bonds. The van der Waals surface area contributed by atoms with Crippen LogP contribution in [0.4, 0.5) is 0 Å². The van der Waals surface area contributed by atoms with Crippen LogP contribution in [0.2, 0.25) is 0 Å². The Kier molecular flexibility index (Phi) is 37.9. The van der Waals surface area contributed by atoms with Gasteiger partial charge in [-0.1, -0.05) is 38.8 Å². The zero-order chi connectivity index (χ0) is 4.71. The lowest BCUT2D eigenvalue weighted by atomic mass is 11.0. The second kappa shape index (κ2) is 20.2. The summed E-state index contributed by atoms with van der Waals surface area (Å²) in [5, 5.41) is 1.06. The van der Waals surface area contributed by atoms with Crippen LogP contribution in [0.25, 0.3) is 0 Å². The van der Waals surface area contributed by atoms with Crippen LogP contribution >= 0.6 is 31.9 Å². The molecule has 0 spiro atoms. The van der Waals surface area contributed by atoms with E-state index in [1.165, 1.54) is 0 Å². The van der Waals surface area contributed by atoms with Crippen LogP contribution in [-0.2, 0) is 0 Å². The molecular formula is C3H8Br2. The summed E-state index contributed by atoms with van der Waals surface area (Å²) in [6.45, 7) is 2.04. The Hall–Kier alpha value is 0.960. The Bertz CT molecular complexity index is 4.85. The number of alkyl halides is 2. The summed E-state index contributed by atoms with van der Waals surface area (Å²) in [6, 6.07) is 0. The van der Waals surface area contributed by atoms with E-state index in [1.54, 1.807) is 0 Å². The summed E-state index contributed by atoms with van der Waals surface area (Å²) in [5.41, 5.74) is 0. The van der Waals surface area contributed by atoms with Gasteiger partial charge in [0.1, 0.15) is 0 Å². The van der Waals surface area contributed by atoms with Gasteiger partial charge in [0.25, 0.3) is 0 Å². The Labute approximate surface area is 50.2 Å². The molecule has 0 aromatic heterocycles. The molecule has 2 heteroatoms. The SMILES string of the molecule is CBr.CCBr. The number of hydrogen-bond acceptors (Lipinski definition) is 0. The Morgan fingerprint density at radius 1 is 1.40 bits per heavy atom. The van der Waals surface area contributed by atoms with Gasteiger partial charge in [-0.2, -0.15) is 0 Å². The van der Waals surface area contributed by atoms with Gasteiger partial charge < -0.3 is 0 Å². The Morgan fingerprint density at radius 3 is 1.40 bits per heavy atom. The van der Waals surface area contributed by atoms with Gasteiger partial charge in [0.05, 0.1) is 0 Å². The minimum atomic E-state index is 1.06. The van der Waals surface area contributed by atoms with Crippen molar-refractivity contribution in [2.75, 3.05) is 11.2 Å². The monoisotopic (exact) mass is 202 g/mol. The first-order valence-electron chi connectivity index (χ1n) is 1.35. The maximum atomic E-state index is 3.15. The zero-order valence-corrected chi connectivity index (χ0v) is 6.64. The number of hydrogen-bond donors (Lipinski definition) is 0. The maximum absolute atomic E-state index is 3.15. The lowest BCUT2D eigenvalue weighted by molar-refractivity contribution is 1.56. The predicted octanol–water partition coefficient (Wildman–Crippen LogP) is 2.41. The highest BCUT2D eigenvalue weighted by molar-refractivity contribution is 9.09. The van der Waals surface area contributed by atoms with E-state index in [9.17, 15) is 0 Å². The van der Waals surface area contributed by atoms with Crippen molar-refractivity contribution >= 4 is 31.9 Å². The van der Waals surface area contributed by atoms with E-state index < -0.39 is 0 Å². The normalized spacial score (nSPS) is 4.80. The molecule has 0 radical (unpaired) electrons. The van der Waals surface area contributed by atoms with Crippen LogP contribution in [0.3, 0.4) is 0 Å². The molecule has 0 saturated heterocycles. The molecule has 0 aliphatic rings. The fourth-order valence-corrected chi connectivity index (χ4v) is 0. The van der Waals surface area contributed by atoms with Gasteiger partial charge in [0.2, 0.25) is 0 Å². The standard InChI is InChI=1S/C2H5Br.CH3Br/c1-2-3;1-2/h2H2,1H3;1H3. The fraction of sp³-hybridized carbons (Fsp3) is 1.00. The van der Waals surface area contributed by atoms with Crippen molar-refractivity contribution in [2.24, 2.45) is 0 Å². The molecule has 0 atom stereocenters. The summed E-state index contributed by atoms with van der Waals surface area (Å²) in [5.74, 6) is 1.81. The van der Waals surface area contributed by atoms with Gasteiger partial charge in [-0.3, -0.25) is 0 Å². The van der Waals surface area contributed by atoms with Crippen molar-refractivity contribution in [3.8, 4) is 0 Å². The van der Waals surface area contributed by atoms with E-state index in [2.05, 4.69) is 31.9 Å². The number of rotatable bonds is 0. The van der Waals surface area contributed by atoms with Crippen molar-refractivity contribution in [3.63, 3.8) is 0 Å². The van der Waals surface area contributed by atoms with Crippen LogP contribution in [0, 0.1) is 0 Å². The van der Waals surface area contributed by atoms with E-state index in [4.69, 9.17) is 0 Å². The Balaban J connectivity index is 0. The van der Waals surface area contributed by atoms with Crippen molar-refractivity contribution in [1.29, 1.82) is 0 Å². The molecule has 0 N–H and O–H groups in total. The predicted molar refractivity (Wildman–Crippen MR) is 34.3 cm³/mol. The highest BCUT2D eigenvalue weighted by Gasteiger charge is 1.38. The zero-order valence-electron chi connectivity index (χ0n) is 3.46. The van der Waals surface area contributed by atoms with Gasteiger partial charge in [-0.25, -0.2) is 0 Å². The lowest BCUT2D eigenvalue weighted by Crippen LogP contribution is -1.34. The summed E-state index contributed by atoms with van der Waals surface area (Å²) < 4.78 is 0. The van der Waals surface area contributed by atoms with E-state index in [-0.39, 0.29) is 0 Å². The van der Waals surface area contributed by atoms with Gasteiger partial charge in [0.15, 0.2) is 0 Å². The molecule has 34 valence electrons. The average Bonchev–Trinajstić information content (AvgIpc) is 1.46. The summed E-state index contributed by atoms with van der Waals surface area (Å²) >= 11 is 6.08. The van der Waals surface area contributed by atoms with Crippen LogP contribution < -0.4 is 0 Å². The molecule has 0 nitrogen and oxygen atoms in total. The molecule has 0 heterocycles. The van der Waals surface area contributed by atoms with Crippen molar-refractivity contribution in [1.82, 2.24) is 0 Å². The third-order valence-corrected chi connectivity index (χ3v) is 0. The van der Waals surface area contributed by atoms with E-state index >= 15 is 0 Å². The van der Waals surface area contributed by atoms with Crippen molar-refractivity contribution in [2.45, 2.75) is 6.92 Å². The van der Waals surface area contributed by atoms with E-state index in [0.29, 0.717) is 0 Å². The van der Waals surface area contributed by atoms with Crippen LogP contribution in [0.1, 0.15) is 6.92 Å². The molecule has 0 fully saturated rings. The molecule has 0 rings (SSSR count). The average molecular weight is 204 g/mol. The first kappa shape index (κ1) is 9.35. The molecule has 0 aliphatic heterocycles. The second-order valence-electron chi connectivity index (χ2n) is 0.267. The summed E-state index contributed by atoms with van der Waals surface area (Å²) in [6.07, 6.45) is 0. The van der Waals surface area contributed by atoms with Gasteiger partial charge in [-0.05, 0) is 5.83 Å². The van der Waals surface area contributed by atoms with Crippen molar-refractivity contribution < 1.29 is 0 Å². The molecule has 0 unspecified atom stereocenters. The fourth-order valence-electron chi connectivity index (χ4n) is 0. The second-order valence-corrected chi connectivity index (χ2v) is 1.39. The number of halogens is 2. The molecule has 0 aromatic carbocycles. The smallest absolute Gasteiger partial charge is 0.000281 e. The summed E-state index contributed by atoms with van der Waals surface area (Å²) in [4.78, 5) is 0. The van der Waals surface area contributed by atoms with E-state index in [0.717, 1.165) is 5.33 Å². The third kappa shape index (κ3) is 47.2. The Morgan fingerprint density at radius 2 is 1.40 bits per heavy atom. The largest absolute Gasteiger partial charge is 0.0966 e. The quantitative estimate of drug-likeness (QED) is 0.531. The highest BCUT2D eigenvalue weighted by Crippen LogP contribution is 1.67. The highest BCUT2D eigenvalue weighted by atomic mass is 79.9. The molecule has 0 bridgehead atoms. The lowest BCUT2D eigenvalue weighted by Gasteiger charge is -1.45. The van der Waals surface area contributed by atoms with Gasteiger partial charge in [-0.15, -0.1) is 0 Å². The minimum Gasteiger partial charge on any atom is -0.0966 e.